The number of amides is 1. The number of carbonyl (C=O) groups excluding carboxylic acids is 1. The molecular formula is C14H20ClN3O. The highest BCUT2D eigenvalue weighted by atomic mass is 35.5. The van der Waals surface area contributed by atoms with E-state index in [0.717, 1.165) is 25.1 Å². The van der Waals surface area contributed by atoms with Crippen LogP contribution in [0.3, 0.4) is 0 Å². The van der Waals surface area contributed by atoms with Gasteiger partial charge >= 0.3 is 0 Å². The average Bonchev–Trinajstić information content (AvgIpc) is 2.42. The fourth-order valence-electron chi connectivity index (χ4n) is 2.38. The quantitative estimate of drug-likeness (QED) is 0.835. The van der Waals surface area contributed by atoms with Crippen LogP contribution in [-0.2, 0) is 4.79 Å². The molecule has 0 saturated carbocycles. The molecule has 0 radical (unpaired) electrons. The van der Waals surface area contributed by atoms with Crippen molar-refractivity contribution in [1.29, 1.82) is 0 Å². The van der Waals surface area contributed by atoms with Gasteiger partial charge in [-0.3, -0.25) is 4.79 Å². The van der Waals surface area contributed by atoms with Crippen LogP contribution in [0.4, 0.5) is 5.69 Å². The van der Waals surface area contributed by atoms with Gasteiger partial charge in [0.25, 0.3) is 0 Å². The smallest absolute Gasteiger partial charge is 0.224 e. The Bertz CT molecular complexity index is 424. The van der Waals surface area contributed by atoms with E-state index in [-0.39, 0.29) is 5.91 Å². The Balaban J connectivity index is 1.83. The maximum Gasteiger partial charge on any atom is 0.224 e. The second-order valence-corrected chi connectivity index (χ2v) is 5.45. The van der Waals surface area contributed by atoms with Crippen LogP contribution in [-0.4, -0.2) is 24.0 Å². The van der Waals surface area contributed by atoms with Crippen LogP contribution in [0.5, 0.6) is 0 Å². The number of rotatable bonds is 4. The van der Waals surface area contributed by atoms with Gasteiger partial charge < -0.3 is 10.6 Å². The van der Waals surface area contributed by atoms with Crippen molar-refractivity contribution < 1.29 is 4.79 Å². The first kappa shape index (κ1) is 14.3. The molecule has 2 heterocycles. The molecule has 1 saturated heterocycles. The largest absolute Gasteiger partial charge is 0.323 e. The molecule has 4 nitrogen and oxygen atoms in total. The third-order valence-electron chi connectivity index (χ3n) is 3.56. The van der Waals surface area contributed by atoms with Crippen molar-refractivity contribution >= 4 is 23.2 Å². The summed E-state index contributed by atoms with van der Waals surface area (Å²) in [6.45, 7) is 4.04. The summed E-state index contributed by atoms with van der Waals surface area (Å²) in [6, 6.07) is 1.84. The van der Waals surface area contributed by atoms with Gasteiger partial charge in [-0.25, -0.2) is 4.98 Å². The number of aryl methyl sites for hydroxylation is 1. The Morgan fingerprint density at radius 2 is 2.47 bits per heavy atom. The first-order valence-corrected chi connectivity index (χ1v) is 7.16. The molecule has 19 heavy (non-hydrogen) atoms. The number of nitrogens with zero attached hydrogens (tertiary/aromatic N) is 1. The summed E-state index contributed by atoms with van der Waals surface area (Å²) in [5, 5.41) is 6.58. The first-order valence-electron chi connectivity index (χ1n) is 6.78. The molecule has 1 aliphatic rings. The Morgan fingerprint density at radius 3 is 3.16 bits per heavy atom. The standard InChI is InChI=1S/C14H20ClN3O/c1-10-6-8-17-14(15)13(10)18-12(19)5-4-11-3-2-7-16-9-11/h6,8,11,16H,2-5,7,9H2,1H3,(H,18,19). The SMILES string of the molecule is Cc1ccnc(Cl)c1NC(=O)CCC1CCCNC1. The molecule has 0 spiro atoms. The summed E-state index contributed by atoms with van der Waals surface area (Å²) < 4.78 is 0. The van der Waals surface area contributed by atoms with E-state index in [0.29, 0.717) is 23.2 Å². The number of carbonyl (C=O) groups is 1. The Kier molecular flexibility index (Phi) is 5.16. The molecule has 2 rings (SSSR count). The molecule has 1 aliphatic heterocycles. The Hall–Kier alpha value is -1.13. The predicted molar refractivity (Wildman–Crippen MR) is 77.4 cm³/mol. The van der Waals surface area contributed by atoms with Crippen molar-refractivity contribution in [2.24, 2.45) is 5.92 Å². The predicted octanol–water partition coefficient (Wildman–Crippen LogP) is 2.76. The van der Waals surface area contributed by atoms with Crippen molar-refractivity contribution in [3.8, 4) is 0 Å². The normalized spacial score (nSPS) is 19.2. The Morgan fingerprint density at radius 1 is 1.63 bits per heavy atom. The minimum Gasteiger partial charge on any atom is -0.323 e. The van der Waals surface area contributed by atoms with Gasteiger partial charge in [-0.05, 0) is 56.8 Å². The van der Waals surface area contributed by atoms with Crippen LogP contribution in [0.15, 0.2) is 12.3 Å². The summed E-state index contributed by atoms with van der Waals surface area (Å²) in [4.78, 5) is 15.9. The van der Waals surface area contributed by atoms with Gasteiger partial charge in [0.15, 0.2) is 5.15 Å². The molecule has 0 aromatic carbocycles. The van der Waals surface area contributed by atoms with Gasteiger partial charge in [-0.15, -0.1) is 0 Å². The van der Waals surface area contributed by atoms with E-state index in [2.05, 4.69) is 15.6 Å². The fourth-order valence-corrected chi connectivity index (χ4v) is 2.64. The third kappa shape index (κ3) is 4.18. The summed E-state index contributed by atoms with van der Waals surface area (Å²) >= 11 is 5.99. The monoisotopic (exact) mass is 281 g/mol. The number of halogens is 1. The summed E-state index contributed by atoms with van der Waals surface area (Å²) in [6.07, 6.45) is 5.53. The molecule has 1 atom stereocenters. The molecule has 2 N–H and O–H groups in total. The third-order valence-corrected chi connectivity index (χ3v) is 3.84. The van der Waals surface area contributed by atoms with Gasteiger partial charge in [0.1, 0.15) is 0 Å². The van der Waals surface area contributed by atoms with Crippen LogP contribution >= 0.6 is 11.6 Å². The lowest BCUT2D eigenvalue weighted by atomic mass is 9.94. The summed E-state index contributed by atoms with van der Waals surface area (Å²) in [5.41, 5.74) is 1.57. The number of piperidine rings is 1. The van der Waals surface area contributed by atoms with E-state index in [1.807, 2.05) is 13.0 Å². The molecule has 5 heteroatoms. The molecule has 0 bridgehead atoms. The number of hydrogen-bond acceptors (Lipinski definition) is 3. The summed E-state index contributed by atoms with van der Waals surface area (Å²) in [7, 11) is 0. The minimum absolute atomic E-state index is 0.0172. The second kappa shape index (κ2) is 6.87. The molecule has 1 aromatic rings. The van der Waals surface area contributed by atoms with Crippen molar-refractivity contribution in [3.05, 3.63) is 23.0 Å². The molecule has 1 unspecified atom stereocenters. The van der Waals surface area contributed by atoms with Crippen LogP contribution < -0.4 is 10.6 Å². The molecule has 1 amide bonds. The summed E-state index contributed by atoms with van der Waals surface area (Å²) in [5.74, 6) is 0.633. The molecule has 104 valence electrons. The van der Waals surface area contributed by atoms with Crippen molar-refractivity contribution in [1.82, 2.24) is 10.3 Å². The number of hydrogen-bond donors (Lipinski definition) is 2. The van der Waals surface area contributed by atoms with Crippen LogP contribution in [0, 0.1) is 12.8 Å². The van der Waals surface area contributed by atoms with E-state index in [1.54, 1.807) is 6.20 Å². The molecule has 1 aromatic heterocycles. The first-order chi connectivity index (χ1) is 9.16. The minimum atomic E-state index is 0.0172. The van der Waals surface area contributed by atoms with Gasteiger partial charge in [0.2, 0.25) is 5.91 Å². The fraction of sp³-hybridized carbons (Fsp3) is 0.571. The van der Waals surface area contributed by atoms with E-state index < -0.39 is 0 Å². The van der Waals surface area contributed by atoms with E-state index in [4.69, 9.17) is 11.6 Å². The average molecular weight is 282 g/mol. The second-order valence-electron chi connectivity index (χ2n) is 5.09. The zero-order valence-electron chi connectivity index (χ0n) is 11.2. The molecular weight excluding hydrogens is 262 g/mol. The van der Waals surface area contributed by atoms with Crippen molar-refractivity contribution in [2.45, 2.75) is 32.6 Å². The van der Waals surface area contributed by atoms with Gasteiger partial charge in [-0.1, -0.05) is 11.6 Å². The number of anilines is 1. The maximum atomic E-state index is 11.9. The lowest BCUT2D eigenvalue weighted by Gasteiger charge is -2.22. The number of nitrogens with one attached hydrogen (secondary N) is 2. The van der Waals surface area contributed by atoms with Crippen LogP contribution in [0.25, 0.3) is 0 Å². The molecule has 1 fully saturated rings. The maximum absolute atomic E-state index is 11.9. The highest BCUT2D eigenvalue weighted by Gasteiger charge is 2.15. The highest BCUT2D eigenvalue weighted by Crippen LogP contribution is 2.23. The van der Waals surface area contributed by atoms with E-state index in [1.165, 1.54) is 12.8 Å². The highest BCUT2D eigenvalue weighted by molar-refractivity contribution is 6.32. The van der Waals surface area contributed by atoms with Crippen LogP contribution in [0.1, 0.15) is 31.2 Å². The van der Waals surface area contributed by atoms with Gasteiger partial charge in [0, 0.05) is 12.6 Å². The zero-order valence-corrected chi connectivity index (χ0v) is 12.0. The lowest BCUT2D eigenvalue weighted by Crippen LogP contribution is -2.30. The number of pyridine rings is 1. The topological polar surface area (TPSA) is 54.0 Å². The van der Waals surface area contributed by atoms with Crippen molar-refractivity contribution in [3.63, 3.8) is 0 Å². The van der Waals surface area contributed by atoms with Crippen LogP contribution in [0.2, 0.25) is 5.15 Å². The Labute approximate surface area is 118 Å². The molecule has 0 aliphatic carbocycles. The van der Waals surface area contributed by atoms with Gasteiger partial charge in [-0.2, -0.15) is 0 Å². The van der Waals surface area contributed by atoms with E-state index in [9.17, 15) is 4.79 Å². The lowest BCUT2D eigenvalue weighted by molar-refractivity contribution is -0.116. The van der Waals surface area contributed by atoms with Gasteiger partial charge in [0.05, 0.1) is 5.69 Å². The van der Waals surface area contributed by atoms with Crippen molar-refractivity contribution in [2.75, 3.05) is 18.4 Å². The zero-order chi connectivity index (χ0) is 13.7. The number of aromatic nitrogens is 1. The van der Waals surface area contributed by atoms with E-state index >= 15 is 0 Å².